The van der Waals surface area contributed by atoms with Crippen molar-refractivity contribution in [1.82, 2.24) is 15.0 Å². The number of ketones is 2. The van der Waals surface area contributed by atoms with Gasteiger partial charge in [-0.25, -0.2) is 23.4 Å². The second kappa shape index (κ2) is 9.41. The third-order valence-electron chi connectivity index (χ3n) is 6.70. The Hall–Kier alpha value is -3.26. The Labute approximate surface area is 206 Å². The van der Waals surface area contributed by atoms with Crippen LogP contribution in [-0.2, 0) is 28.1 Å². The van der Waals surface area contributed by atoms with E-state index in [4.69, 9.17) is 0 Å². The summed E-state index contributed by atoms with van der Waals surface area (Å²) in [5.74, 6) is 0.542. The van der Waals surface area contributed by atoms with Gasteiger partial charge in [-0.1, -0.05) is 19.1 Å². The van der Waals surface area contributed by atoms with E-state index in [0.717, 1.165) is 17.0 Å². The van der Waals surface area contributed by atoms with E-state index in [0.29, 0.717) is 42.0 Å². The van der Waals surface area contributed by atoms with Crippen molar-refractivity contribution in [2.24, 2.45) is 0 Å². The van der Waals surface area contributed by atoms with Crippen molar-refractivity contribution in [3.63, 3.8) is 0 Å². The molecule has 0 spiro atoms. The summed E-state index contributed by atoms with van der Waals surface area (Å²) in [5, 5.41) is 0. The number of sulfone groups is 1. The topological polar surface area (TPSA) is 107 Å². The Morgan fingerprint density at radius 2 is 1.74 bits per heavy atom. The van der Waals surface area contributed by atoms with E-state index in [-0.39, 0.29) is 28.6 Å². The van der Waals surface area contributed by atoms with Crippen LogP contribution in [-0.4, -0.2) is 40.7 Å². The second-order valence-electron chi connectivity index (χ2n) is 9.26. The van der Waals surface area contributed by atoms with Crippen LogP contribution in [0.2, 0.25) is 0 Å². The molecule has 0 saturated heterocycles. The van der Waals surface area contributed by atoms with E-state index in [2.05, 4.69) is 15.0 Å². The average molecular weight is 492 g/mol. The zero-order valence-electron chi connectivity index (χ0n) is 20.5. The molecule has 2 heterocycles. The summed E-state index contributed by atoms with van der Waals surface area (Å²) < 4.78 is 23.9. The van der Waals surface area contributed by atoms with Crippen molar-refractivity contribution in [3.05, 3.63) is 82.2 Å². The highest BCUT2D eigenvalue weighted by molar-refractivity contribution is 7.91. The standard InChI is InChI=1S/C27H29N3O4S/c1-5-35(33,34)20-9-6-19(7-10-20)8-13-24(31)23-12-11-21-22(30-23)14-15-27(4,26(21)32)25-16-17(2)28-18(3)29-25/h6-7,9-12,16H,5,8,13-15H2,1-4H3. The molecule has 3 aromatic rings. The van der Waals surface area contributed by atoms with E-state index in [1.807, 2.05) is 26.8 Å². The summed E-state index contributed by atoms with van der Waals surface area (Å²) in [4.78, 5) is 40.0. The molecule has 1 atom stereocenters. The zero-order chi connectivity index (χ0) is 25.4. The van der Waals surface area contributed by atoms with E-state index in [1.54, 1.807) is 43.3 Å². The van der Waals surface area contributed by atoms with Crippen LogP contribution in [0.1, 0.15) is 76.0 Å². The van der Waals surface area contributed by atoms with Crippen LogP contribution in [0.3, 0.4) is 0 Å². The zero-order valence-corrected chi connectivity index (χ0v) is 21.3. The summed E-state index contributed by atoms with van der Waals surface area (Å²) in [6.45, 7) is 7.24. The van der Waals surface area contributed by atoms with Gasteiger partial charge in [-0.05, 0) is 75.9 Å². The van der Waals surface area contributed by atoms with Gasteiger partial charge in [-0.3, -0.25) is 9.59 Å². The van der Waals surface area contributed by atoms with Crippen molar-refractivity contribution in [2.45, 2.75) is 63.7 Å². The number of hydrogen-bond acceptors (Lipinski definition) is 7. The summed E-state index contributed by atoms with van der Waals surface area (Å²) in [7, 11) is -3.24. The minimum atomic E-state index is -3.24. The lowest BCUT2D eigenvalue weighted by molar-refractivity contribution is 0.0868. The number of carbonyl (C=O) groups excluding carboxylic acids is 2. The van der Waals surface area contributed by atoms with Crippen LogP contribution in [0.15, 0.2) is 47.4 Å². The van der Waals surface area contributed by atoms with Crippen LogP contribution in [0.5, 0.6) is 0 Å². The van der Waals surface area contributed by atoms with Gasteiger partial charge in [-0.15, -0.1) is 0 Å². The summed E-state index contributed by atoms with van der Waals surface area (Å²) in [5.41, 5.74) is 3.21. The van der Waals surface area contributed by atoms with Crippen molar-refractivity contribution >= 4 is 21.4 Å². The van der Waals surface area contributed by atoms with Gasteiger partial charge in [0.1, 0.15) is 11.5 Å². The number of aromatic nitrogens is 3. The van der Waals surface area contributed by atoms with Gasteiger partial charge in [0, 0.05) is 17.7 Å². The number of hydrogen-bond donors (Lipinski definition) is 0. The highest BCUT2D eigenvalue weighted by atomic mass is 32.2. The number of aryl methyl sites for hydroxylation is 4. The molecule has 8 heteroatoms. The number of nitrogens with zero attached hydrogens (tertiary/aromatic N) is 3. The number of benzene rings is 1. The maximum Gasteiger partial charge on any atom is 0.181 e. The molecular weight excluding hydrogens is 462 g/mol. The van der Waals surface area contributed by atoms with Gasteiger partial charge in [0.25, 0.3) is 0 Å². The molecular formula is C27H29N3O4S. The number of rotatable bonds is 7. The maximum atomic E-state index is 13.4. The largest absolute Gasteiger partial charge is 0.293 e. The van der Waals surface area contributed by atoms with Gasteiger partial charge in [0.2, 0.25) is 0 Å². The first-order valence-electron chi connectivity index (χ1n) is 11.8. The van der Waals surface area contributed by atoms with Crippen molar-refractivity contribution in [1.29, 1.82) is 0 Å². The number of fused-ring (bicyclic) bond motifs is 1. The van der Waals surface area contributed by atoms with E-state index < -0.39 is 15.3 Å². The second-order valence-corrected chi connectivity index (χ2v) is 11.5. The molecule has 0 saturated carbocycles. The highest BCUT2D eigenvalue weighted by Gasteiger charge is 2.42. The molecule has 0 aliphatic heterocycles. The van der Waals surface area contributed by atoms with Crippen LogP contribution >= 0.6 is 0 Å². The molecule has 1 aromatic carbocycles. The predicted molar refractivity (Wildman–Crippen MR) is 133 cm³/mol. The Bertz CT molecular complexity index is 1390. The SMILES string of the molecule is CCS(=O)(=O)c1ccc(CCC(=O)c2ccc3c(n2)CCC(C)(c2cc(C)nc(C)n2)C3=O)cc1. The lowest BCUT2D eigenvalue weighted by atomic mass is 9.70. The van der Waals surface area contributed by atoms with Crippen molar-refractivity contribution < 1.29 is 18.0 Å². The Balaban J connectivity index is 1.48. The average Bonchev–Trinajstić information content (AvgIpc) is 2.84. The molecule has 1 unspecified atom stereocenters. The van der Waals surface area contributed by atoms with Gasteiger partial charge >= 0.3 is 0 Å². The van der Waals surface area contributed by atoms with E-state index in [1.165, 1.54) is 0 Å². The van der Waals surface area contributed by atoms with Gasteiger partial charge in [0.05, 0.1) is 27.5 Å². The molecule has 4 rings (SSSR count). The van der Waals surface area contributed by atoms with Crippen molar-refractivity contribution in [2.75, 3.05) is 5.75 Å². The minimum absolute atomic E-state index is 0.0372. The summed E-state index contributed by atoms with van der Waals surface area (Å²) in [6, 6.07) is 11.8. The van der Waals surface area contributed by atoms with Gasteiger partial charge < -0.3 is 0 Å². The quantitative estimate of drug-likeness (QED) is 0.456. The molecule has 0 fully saturated rings. The molecule has 182 valence electrons. The lowest BCUT2D eigenvalue weighted by Crippen LogP contribution is -2.39. The summed E-state index contributed by atoms with van der Waals surface area (Å²) in [6.07, 6.45) is 1.87. The van der Waals surface area contributed by atoms with Crippen LogP contribution in [0, 0.1) is 13.8 Å². The van der Waals surface area contributed by atoms with Crippen LogP contribution in [0.4, 0.5) is 0 Å². The van der Waals surface area contributed by atoms with Crippen molar-refractivity contribution in [3.8, 4) is 0 Å². The first-order valence-corrected chi connectivity index (χ1v) is 13.4. The summed E-state index contributed by atoms with van der Waals surface area (Å²) >= 11 is 0. The van der Waals surface area contributed by atoms with Gasteiger partial charge in [0.15, 0.2) is 21.4 Å². The normalized spacial score (nSPS) is 17.8. The third kappa shape index (κ3) is 4.93. The predicted octanol–water partition coefficient (Wildman–Crippen LogP) is 4.18. The smallest absolute Gasteiger partial charge is 0.181 e. The molecule has 2 aromatic heterocycles. The number of carbonyl (C=O) groups is 2. The fourth-order valence-electron chi connectivity index (χ4n) is 4.49. The number of pyridine rings is 1. The molecule has 0 amide bonds. The lowest BCUT2D eigenvalue weighted by Gasteiger charge is -2.32. The molecule has 1 aliphatic carbocycles. The first kappa shape index (κ1) is 24.9. The maximum absolute atomic E-state index is 13.4. The fraction of sp³-hybridized carbons (Fsp3) is 0.370. The van der Waals surface area contributed by atoms with E-state index >= 15 is 0 Å². The Morgan fingerprint density at radius 3 is 2.40 bits per heavy atom. The molecule has 7 nitrogen and oxygen atoms in total. The van der Waals surface area contributed by atoms with E-state index in [9.17, 15) is 18.0 Å². The number of Topliss-reactive ketones (excluding diaryl/α,β-unsaturated/α-hetero) is 2. The molecule has 0 N–H and O–H groups in total. The molecule has 0 radical (unpaired) electrons. The first-order chi connectivity index (χ1) is 16.5. The Morgan fingerprint density at radius 1 is 1.03 bits per heavy atom. The highest BCUT2D eigenvalue weighted by Crippen LogP contribution is 2.37. The third-order valence-corrected chi connectivity index (χ3v) is 8.45. The molecule has 1 aliphatic rings. The van der Waals surface area contributed by atoms with Crippen LogP contribution in [0.25, 0.3) is 0 Å². The monoisotopic (exact) mass is 491 g/mol. The Kier molecular flexibility index (Phi) is 6.68. The van der Waals surface area contributed by atoms with Gasteiger partial charge in [-0.2, -0.15) is 0 Å². The van der Waals surface area contributed by atoms with Crippen LogP contribution < -0.4 is 0 Å². The molecule has 0 bridgehead atoms. The minimum Gasteiger partial charge on any atom is -0.293 e. The fourth-order valence-corrected chi connectivity index (χ4v) is 5.38. The molecule has 35 heavy (non-hydrogen) atoms.